The van der Waals surface area contributed by atoms with Gasteiger partial charge in [0.1, 0.15) is 0 Å². The molecule has 2 rings (SSSR count). The minimum absolute atomic E-state index is 0.346. The largest absolute Gasteiger partial charge is 0.382 e. The van der Waals surface area contributed by atoms with Gasteiger partial charge in [-0.15, -0.1) is 0 Å². The van der Waals surface area contributed by atoms with Gasteiger partial charge in [0.2, 0.25) is 0 Å². The Hall–Kier alpha value is -2.80. The fourth-order valence-corrected chi connectivity index (χ4v) is 3.57. The third kappa shape index (κ3) is 8.09. The van der Waals surface area contributed by atoms with Crippen LogP contribution in [-0.2, 0) is 6.42 Å². The Morgan fingerprint density at radius 2 is 1.65 bits per heavy atom. The second kappa shape index (κ2) is 14.2. The van der Waals surface area contributed by atoms with E-state index in [-0.39, 0.29) is 0 Å². The molecule has 2 aromatic rings. The number of hydrogen-bond donors (Lipinski definition) is 1. The highest BCUT2D eigenvalue weighted by Gasteiger charge is 2.08. The third-order valence-corrected chi connectivity index (χ3v) is 5.27. The molecule has 1 heteroatoms. The van der Waals surface area contributed by atoms with E-state index in [1.165, 1.54) is 33.5 Å². The van der Waals surface area contributed by atoms with Crippen LogP contribution in [0.15, 0.2) is 91.2 Å². The Morgan fingerprint density at radius 1 is 1.00 bits per heavy atom. The first-order valence-electron chi connectivity index (χ1n) is 11.6. The molecule has 166 valence electrons. The van der Waals surface area contributed by atoms with Crippen molar-refractivity contribution < 1.29 is 0 Å². The van der Waals surface area contributed by atoms with Crippen LogP contribution in [0, 0.1) is 0 Å². The van der Waals surface area contributed by atoms with Crippen molar-refractivity contribution in [3.05, 3.63) is 102 Å². The topological polar surface area (TPSA) is 12.0 Å². The molecule has 0 aliphatic carbocycles. The molecule has 0 aliphatic heterocycles. The Balaban J connectivity index is 0.00000233. The van der Waals surface area contributed by atoms with E-state index in [2.05, 4.69) is 101 Å². The second-order valence-electron chi connectivity index (χ2n) is 7.59. The normalized spacial score (nSPS) is 12.5. The monoisotopic (exact) mass is 415 g/mol. The fourth-order valence-electron chi connectivity index (χ4n) is 3.57. The molecule has 1 N–H and O–H groups in total. The Kier molecular flexibility index (Phi) is 12.1. The van der Waals surface area contributed by atoms with Crippen molar-refractivity contribution in [2.24, 2.45) is 0 Å². The van der Waals surface area contributed by atoms with Gasteiger partial charge in [0.05, 0.1) is 0 Å². The molecule has 0 saturated heterocycles. The van der Waals surface area contributed by atoms with E-state index in [1.54, 1.807) is 0 Å². The minimum Gasteiger partial charge on any atom is -0.382 e. The van der Waals surface area contributed by atoms with E-state index in [9.17, 15) is 0 Å². The Bertz CT molecular complexity index is 881. The summed E-state index contributed by atoms with van der Waals surface area (Å²) in [6.07, 6.45) is 9.06. The maximum Gasteiger partial charge on any atom is 0.0441 e. The third-order valence-electron chi connectivity index (χ3n) is 5.27. The molecule has 0 amide bonds. The van der Waals surface area contributed by atoms with E-state index in [0.29, 0.717) is 6.04 Å². The quantitative estimate of drug-likeness (QED) is 0.382. The predicted octanol–water partition coefficient (Wildman–Crippen LogP) is 8.75. The van der Waals surface area contributed by atoms with Crippen LogP contribution in [0.1, 0.15) is 65.5 Å². The SMILES string of the molecule is C=C/C=C\C(CC)N/C(CC)=C(\C)Cc1ccc(-c2ccccc2C(=C)C)cc1.CC. The second-order valence-corrected chi connectivity index (χ2v) is 7.59. The van der Waals surface area contributed by atoms with Gasteiger partial charge in [0.25, 0.3) is 0 Å². The maximum atomic E-state index is 4.12. The summed E-state index contributed by atoms with van der Waals surface area (Å²) in [5.74, 6) is 0. The molecule has 0 saturated carbocycles. The Labute approximate surface area is 191 Å². The summed E-state index contributed by atoms with van der Waals surface area (Å²) in [7, 11) is 0. The van der Waals surface area contributed by atoms with E-state index in [4.69, 9.17) is 0 Å². The summed E-state index contributed by atoms with van der Waals surface area (Å²) >= 11 is 0. The zero-order valence-corrected chi connectivity index (χ0v) is 20.5. The van der Waals surface area contributed by atoms with Crippen LogP contribution in [0.2, 0.25) is 0 Å². The van der Waals surface area contributed by atoms with Crippen LogP contribution in [0.3, 0.4) is 0 Å². The Morgan fingerprint density at radius 3 is 2.19 bits per heavy atom. The van der Waals surface area contributed by atoms with Crippen LogP contribution in [0.4, 0.5) is 0 Å². The first kappa shape index (κ1) is 26.2. The molecule has 0 aromatic heterocycles. The summed E-state index contributed by atoms with van der Waals surface area (Å²) < 4.78 is 0. The van der Waals surface area contributed by atoms with Gasteiger partial charge in [-0.2, -0.15) is 0 Å². The van der Waals surface area contributed by atoms with Crippen LogP contribution in [0.5, 0.6) is 0 Å². The van der Waals surface area contributed by atoms with Gasteiger partial charge in [-0.05, 0) is 60.9 Å². The van der Waals surface area contributed by atoms with Crippen molar-refractivity contribution in [2.45, 2.75) is 66.8 Å². The van der Waals surface area contributed by atoms with Gasteiger partial charge in [-0.1, -0.05) is 113 Å². The zero-order valence-electron chi connectivity index (χ0n) is 20.5. The molecule has 2 aromatic carbocycles. The first-order valence-corrected chi connectivity index (χ1v) is 11.6. The average molecular weight is 416 g/mol. The van der Waals surface area contributed by atoms with Gasteiger partial charge >= 0.3 is 0 Å². The van der Waals surface area contributed by atoms with Crippen molar-refractivity contribution in [1.29, 1.82) is 0 Å². The molecular formula is C30H41N. The smallest absolute Gasteiger partial charge is 0.0441 e. The highest BCUT2D eigenvalue weighted by Crippen LogP contribution is 2.28. The van der Waals surface area contributed by atoms with Crippen molar-refractivity contribution in [3.8, 4) is 11.1 Å². The highest BCUT2D eigenvalue weighted by atomic mass is 14.9. The standard InChI is InChI=1S/C28H35N.C2H6/c1-7-10-13-25(8-2)29-28(9-3)22(6)20-23-16-18-24(19-17-23)27-15-12-11-14-26(27)21(4)5;1-2/h7,10-19,25,29H,1,4,8-9,20H2,2-3,5-6H3;1-2H3/b13-10-,28-22+;. The van der Waals surface area contributed by atoms with Crippen molar-refractivity contribution >= 4 is 5.57 Å². The van der Waals surface area contributed by atoms with E-state index in [1.807, 2.05) is 26.0 Å². The van der Waals surface area contributed by atoms with Gasteiger partial charge in [0, 0.05) is 11.7 Å². The summed E-state index contributed by atoms with van der Waals surface area (Å²) in [6, 6.07) is 17.8. The van der Waals surface area contributed by atoms with Gasteiger partial charge in [-0.3, -0.25) is 0 Å². The zero-order chi connectivity index (χ0) is 23.2. The van der Waals surface area contributed by atoms with Crippen molar-refractivity contribution in [2.75, 3.05) is 0 Å². The lowest BCUT2D eigenvalue weighted by molar-refractivity contribution is 0.625. The van der Waals surface area contributed by atoms with E-state index < -0.39 is 0 Å². The lowest BCUT2D eigenvalue weighted by Gasteiger charge is -2.19. The molecule has 0 bridgehead atoms. The lowest BCUT2D eigenvalue weighted by Crippen LogP contribution is -2.26. The average Bonchev–Trinajstić information content (AvgIpc) is 2.81. The molecule has 0 heterocycles. The molecular weight excluding hydrogens is 374 g/mol. The summed E-state index contributed by atoms with van der Waals surface area (Å²) in [6.45, 7) is 20.6. The molecule has 1 nitrogen and oxygen atoms in total. The number of allylic oxidation sites excluding steroid dienone is 5. The van der Waals surface area contributed by atoms with E-state index >= 15 is 0 Å². The highest BCUT2D eigenvalue weighted by molar-refractivity contribution is 5.79. The molecule has 0 fully saturated rings. The van der Waals surface area contributed by atoms with Gasteiger partial charge in [0.15, 0.2) is 0 Å². The van der Waals surface area contributed by atoms with Crippen LogP contribution >= 0.6 is 0 Å². The molecule has 1 atom stereocenters. The number of nitrogens with one attached hydrogen (secondary N) is 1. The van der Waals surface area contributed by atoms with E-state index in [0.717, 1.165) is 24.8 Å². The number of benzene rings is 2. The van der Waals surface area contributed by atoms with Crippen LogP contribution < -0.4 is 5.32 Å². The number of rotatable bonds is 10. The van der Waals surface area contributed by atoms with Crippen molar-refractivity contribution in [1.82, 2.24) is 5.32 Å². The molecule has 0 radical (unpaired) electrons. The molecule has 1 unspecified atom stereocenters. The van der Waals surface area contributed by atoms with Gasteiger partial charge < -0.3 is 5.32 Å². The molecule has 0 aliphatic rings. The first-order chi connectivity index (χ1) is 15.0. The molecule has 0 spiro atoms. The van der Waals surface area contributed by atoms with Crippen molar-refractivity contribution in [3.63, 3.8) is 0 Å². The predicted molar refractivity (Wildman–Crippen MR) is 141 cm³/mol. The fraction of sp³-hybridized carbons (Fsp3) is 0.333. The summed E-state index contributed by atoms with van der Waals surface area (Å²) in [5, 5.41) is 3.70. The molecule has 31 heavy (non-hydrogen) atoms. The maximum absolute atomic E-state index is 4.12. The number of hydrogen-bond acceptors (Lipinski definition) is 1. The van der Waals surface area contributed by atoms with Crippen LogP contribution in [0.25, 0.3) is 16.7 Å². The lowest BCUT2D eigenvalue weighted by atomic mass is 9.94. The summed E-state index contributed by atoms with van der Waals surface area (Å²) in [5.41, 5.74) is 8.86. The summed E-state index contributed by atoms with van der Waals surface area (Å²) in [4.78, 5) is 0. The minimum atomic E-state index is 0.346. The van der Waals surface area contributed by atoms with Crippen LogP contribution in [-0.4, -0.2) is 6.04 Å². The van der Waals surface area contributed by atoms with Gasteiger partial charge in [-0.25, -0.2) is 0 Å².